The van der Waals surface area contributed by atoms with Crippen LogP contribution in [0.5, 0.6) is 0 Å². The lowest BCUT2D eigenvalue weighted by Gasteiger charge is -2.20. The van der Waals surface area contributed by atoms with E-state index in [0.29, 0.717) is 11.3 Å². The molecule has 106 valence electrons. The Labute approximate surface area is 124 Å². The number of nitro benzene ring substituents is 1. The molecule has 0 atom stereocenters. The van der Waals surface area contributed by atoms with E-state index < -0.39 is 16.4 Å². The molecule has 0 aliphatic rings. The highest BCUT2D eigenvalue weighted by atomic mass is 35.5. The van der Waals surface area contributed by atoms with Gasteiger partial charge < -0.3 is 4.90 Å². The van der Waals surface area contributed by atoms with E-state index in [1.165, 1.54) is 11.0 Å². The molecule has 0 amide bonds. The van der Waals surface area contributed by atoms with E-state index in [-0.39, 0.29) is 10.7 Å². The van der Waals surface area contributed by atoms with Gasteiger partial charge in [0, 0.05) is 7.05 Å². The van der Waals surface area contributed by atoms with Crippen LogP contribution in [0.4, 0.5) is 21.5 Å². The number of halogens is 2. The molecule has 7 heteroatoms. The number of nitrogens with zero attached hydrogens (tertiary/aromatic N) is 3. The Morgan fingerprint density at radius 2 is 2.00 bits per heavy atom. The van der Waals surface area contributed by atoms with Gasteiger partial charge in [0.05, 0.1) is 27.3 Å². The summed E-state index contributed by atoms with van der Waals surface area (Å²) in [6.07, 6.45) is 0. The van der Waals surface area contributed by atoms with Crippen LogP contribution in [0.3, 0.4) is 0 Å². The molecule has 0 spiro atoms. The van der Waals surface area contributed by atoms with E-state index in [1.54, 1.807) is 31.3 Å². The van der Waals surface area contributed by atoms with Gasteiger partial charge >= 0.3 is 0 Å². The van der Waals surface area contributed by atoms with Gasteiger partial charge in [-0.05, 0) is 18.2 Å². The summed E-state index contributed by atoms with van der Waals surface area (Å²) in [5.74, 6) is -0.867. The Bertz CT molecular complexity index is 758. The van der Waals surface area contributed by atoms with Crippen molar-refractivity contribution in [3.8, 4) is 6.07 Å². The van der Waals surface area contributed by atoms with Gasteiger partial charge in [-0.25, -0.2) is 4.39 Å². The van der Waals surface area contributed by atoms with Crippen LogP contribution in [-0.4, -0.2) is 12.0 Å². The smallest absolute Gasteiger partial charge is 0.295 e. The fourth-order valence-corrected chi connectivity index (χ4v) is 2.09. The standard InChI is InChI=1S/C14H9ClFN3O2/c1-18(12-5-3-2-4-9(12)8-17)13-6-10(15)11(16)7-14(13)19(20)21/h2-7H,1H3. The van der Waals surface area contributed by atoms with Crippen molar-refractivity contribution in [1.29, 1.82) is 5.26 Å². The molecule has 0 aliphatic carbocycles. The average Bonchev–Trinajstić information content (AvgIpc) is 2.48. The van der Waals surface area contributed by atoms with E-state index >= 15 is 0 Å². The molecule has 2 aromatic rings. The topological polar surface area (TPSA) is 70.2 Å². The van der Waals surface area contributed by atoms with E-state index in [1.807, 2.05) is 6.07 Å². The van der Waals surface area contributed by atoms with Crippen LogP contribution in [0, 0.1) is 27.3 Å². The van der Waals surface area contributed by atoms with Crippen molar-refractivity contribution in [3.05, 3.63) is 62.9 Å². The highest BCUT2D eigenvalue weighted by molar-refractivity contribution is 6.31. The van der Waals surface area contributed by atoms with Crippen LogP contribution in [0.15, 0.2) is 36.4 Å². The maximum atomic E-state index is 13.4. The van der Waals surface area contributed by atoms with E-state index in [2.05, 4.69) is 0 Å². The van der Waals surface area contributed by atoms with Gasteiger partial charge in [-0.1, -0.05) is 23.7 Å². The molecule has 2 aromatic carbocycles. The molecule has 2 rings (SSSR count). The largest absolute Gasteiger partial charge is 0.338 e. The molecule has 5 nitrogen and oxygen atoms in total. The fourth-order valence-electron chi connectivity index (χ4n) is 1.93. The molecule has 0 aliphatic heterocycles. The summed E-state index contributed by atoms with van der Waals surface area (Å²) in [5.41, 5.74) is 0.488. The van der Waals surface area contributed by atoms with Crippen LogP contribution >= 0.6 is 11.6 Å². The summed E-state index contributed by atoms with van der Waals surface area (Å²) in [6.45, 7) is 0. The summed E-state index contributed by atoms with van der Waals surface area (Å²) in [4.78, 5) is 11.8. The molecule has 0 radical (unpaired) electrons. The van der Waals surface area contributed by atoms with Crippen LogP contribution in [0.2, 0.25) is 5.02 Å². The molecular formula is C14H9ClFN3O2. The van der Waals surface area contributed by atoms with Crippen LogP contribution in [0.1, 0.15) is 5.56 Å². The van der Waals surface area contributed by atoms with E-state index in [0.717, 1.165) is 6.07 Å². The minimum absolute atomic E-state index is 0.106. The van der Waals surface area contributed by atoms with Gasteiger partial charge in [0.1, 0.15) is 17.6 Å². The summed E-state index contributed by atoms with van der Waals surface area (Å²) >= 11 is 5.71. The van der Waals surface area contributed by atoms with E-state index in [9.17, 15) is 14.5 Å². The lowest BCUT2D eigenvalue weighted by molar-refractivity contribution is -0.384. The molecule has 0 saturated heterocycles. The third kappa shape index (κ3) is 2.78. The summed E-state index contributed by atoms with van der Waals surface area (Å²) in [5, 5.41) is 19.9. The second-order valence-electron chi connectivity index (χ2n) is 4.20. The van der Waals surface area contributed by atoms with Crippen LogP contribution in [0.25, 0.3) is 0 Å². The first-order valence-corrected chi connectivity index (χ1v) is 6.19. The first-order valence-electron chi connectivity index (χ1n) is 5.82. The van der Waals surface area contributed by atoms with Gasteiger partial charge in [-0.3, -0.25) is 10.1 Å². The van der Waals surface area contributed by atoms with Crippen LogP contribution < -0.4 is 4.90 Å². The normalized spacial score (nSPS) is 10.0. The van der Waals surface area contributed by atoms with Gasteiger partial charge in [-0.15, -0.1) is 0 Å². The van der Waals surface area contributed by atoms with Crippen molar-refractivity contribution in [3.63, 3.8) is 0 Å². The first-order chi connectivity index (χ1) is 9.95. The summed E-state index contributed by atoms with van der Waals surface area (Å²) in [7, 11) is 1.55. The molecule has 21 heavy (non-hydrogen) atoms. The van der Waals surface area contributed by atoms with E-state index in [4.69, 9.17) is 16.9 Å². The van der Waals surface area contributed by atoms with Crippen molar-refractivity contribution in [2.45, 2.75) is 0 Å². The number of para-hydroxylation sites is 1. The van der Waals surface area contributed by atoms with Gasteiger partial charge in [-0.2, -0.15) is 5.26 Å². The number of nitro groups is 1. The zero-order chi connectivity index (χ0) is 15.6. The fraction of sp³-hybridized carbons (Fsp3) is 0.0714. The molecule has 0 bridgehead atoms. The Balaban J connectivity index is 2.63. The monoisotopic (exact) mass is 305 g/mol. The Hall–Kier alpha value is -2.65. The molecule has 0 saturated carbocycles. The number of benzene rings is 2. The third-order valence-electron chi connectivity index (χ3n) is 2.96. The zero-order valence-corrected chi connectivity index (χ0v) is 11.6. The zero-order valence-electron chi connectivity index (χ0n) is 10.9. The Kier molecular flexibility index (Phi) is 4.05. The van der Waals surface area contributed by atoms with Gasteiger partial charge in [0.2, 0.25) is 0 Å². The molecule has 0 unspecified atom stereocenters. The predicted octanol–water partition coefficient (Wildman–Crippen LogP) is 4.03. The second kappa shape index (κ2) is 5.77. The Morgan fingerprint density at radius 3 is 2.62 bits per heavy atom. The third-order valence-corrected chi connectivity index (χ3v) is 3.25. The lowest BCUT2D eigenvalue weighted by Crippen LogP contribution is -2.13. The average molecular weight is 306 g/mol. The highest BCUT2D eigenvalue weighted by Crippen LogP contribution is 2.37. The number of nitriles is 1. The molecule has 0 heterocycles. The maximum Gasteiger partial charge on any atom is 0.295 e. The minimum atomic E-state index is -0.867. The van der Waals surface area contributed by atoms with Crippen LogP contribution in [-0.2, 0) is 0 Å². The first kappa shape index (κ1) is 14.8. The lowest BCUT2D eigenvalue weighted by atomic mass is 10.1. The summed E-state index contributed by atoms with van der Waals surface area (Å²) in [6, 6.07) is 10.5. The maximum absolute atomic E-state index is 13.4. The van der Waals surface area contributed by atoms with Crippen molar-refractivity contribution in [2.75, 3.05) is 11.9 Å². The minimum Gasteiger partial charge on any atom is -0.338 e. The molecular weight excluding hydrogens is 297 g/mol. The quantitative estimate of drug-likeness (QED) is 0.634. The molecule has 0 N–H and O–H groups in total. The highest BCUT2D eigenvalue weighted by Gasteiger charge is 2.22. The Morgan fingerprint density at radius 1 is 1.33 bits per heavy atom. The number of hydrogen-bond acceptors (Lipinski definition) is 4. The molecule has 0 aromatic heterocycles. The van der Waals surface area contributed by atoms with Gasteiger partial charge in [0.15, 0.2) is 0 Å². The van der Waals surface area contributed by atoms with Gasteiger partial charge in [0.25, 0.3) is 5.69 Å². The number of hydrogen-bond donors (Lipinski definition) is 0. The second-order valence-corrected chi connectivity index (χ2v) is 4.61. The predicted molar refractivity (Wildman–Crippen MR) is 77.3 cm³/mol. The SMILES string of the molecule is CN(c1ccccc1C#N)c1cc(Cl)c(F)cc1[N+](=O)[O-]. The van der Waals surface area contributed by atoms with Crippen molar-refractivity contribution in [1.82, 2.24) is 0 Å². The van der Waals surface area contributed by atoms with Crippen molar-refractivity contribution in [2.24, 2.45) is 0 Å². The van der Waals surface area contributed by atoms with Crippen molar-refractivity contribution < 1.29 is 9.31 Å². The summed E-state index contributed by atoms with van der Waals surface area (Å²) < 4.78 is 13.4. The molecule has 0 fully saturated rings. The van der Waals surface area contributed by atoms with Crippen molar-refractivity contribution >= 4 is 28.7 Å². The number of anilines is 2. The number of rotatable bonds is 3.